The fourth-order valence-electron chi connectivity index (χ4n) is 0.759. The van der Waals surface area contributed by atoms with E-state index in [1.165, 1.54) is 6.42 Å². The van der Waals surface area contributed by atoms with E-state index in [1.54, 1.807) is 0 Å². The Hall–Kier alpha value is 0.310. The number of thioether (sulfide) groups is 1. The maximum atomic E-state index is 5.47. The first-order valence-corrected chi connectivity index (χ1v) is 4.72. The van der Waals surface area contributed by atoms with Gasteiger partial charge in [0.2, 0.25) is 0 Å². The van der Waals surface area contributed by atoms with Crippen molar-refractivity contribution in [3.63, 3.8) is 0 Å². The lowest BCUT2D eigenvalue weighted by atomic mass is 10.1. The molecule has 2 atom stereocenters. The highest BCUT2D eigenvalue weighted by Gasteiger charge is 2.04. The highest BCUT2D eigenvalue weighted by atomic mass is 32.2. The molecular weight excluding hydrogens is 130 g/mol. The van der Waals surface area contributed by atoms with Crippen LogP contribution in [-0.4, -0.2) is 18.1 Å². The summed E-state index contributed by atoms with van der Waals surface area (Å²) in [6.45, 7) is 5.27. The molecular formula is C7H17NS. The van der Waals surface area contributed by atoms with E-state index in [0.717, 1.165) is 11.8 Å². The Labute approximate surface area is 62.4 Å². The van der Waals surface area contributed by atoms with E-state index in [-0.39, 0.29) is 0 Å². The first-order chi connectivity index (χ1) is 4.20. The summed E-state index contributed by atoms with van der Waals surface area (Å²) in [5.41, 5.74) is 5.47. The summed E-state index contributed by atoms with van der Waals surface area (Å²) in [4.78, 5) is 0. The molecule has 0 aliphatic heterocycles. The second-order valence-electron chi connectivity index (χ2n) is 2.62. The smallest absolute Gasteiger partial charge is 0.00189 e. The van der Waals surface area contributed by atoms with E-state index < -0.39 is 0 Å². The van der Waals surface area contributed by atoms with E-state index in [2.05, 4.69) is 20.1 Å². The largest absolute Gasteiger partial charge is 0.330 e. The van der Waals surface area contributed by atoms with Crippen LogP contribution in [0.1, 0.15) is 20.3 Å². The van der Waals surface area contributed by atoms with Gasteiger partial charge in [0.1, 0.15) is 0 Å². The first-order valence-electron chi connectivity index (χ1n) is 3.43. The molecule has 0 rings (SSSR count). The molecule has 2 N–H and O–H groups in total. The predicted octanol–water partition coefficient (Wildman–Crippen LogP) is 1.72. The summed E-state index contributed by atoms with van der Waals surface area (Å²) >= 11 is 1.91. The summed E-state index contributed by atoms with van der Waals surface area (Å²) in [5, 5.41) is 0.767. The quantitative estimate of drug-likeness (QED) is 0.655. The number of hydrogen-bond acceptors (Lipinski definition) is 2. The van der Waals surface area contributed by atoms with Crippen molar-refractivity contribution in [2.75, 3.05) is 12.8 Å². The molecule has 0 aromatic heterocycles. The molecule has 2 unspecified atom stereocenters. The number of rotatable bonds is 4. The maximum Gasteiger partial charge on any atom is 0.00189 e. The molecule has 0 saturated carbocycles. The van der Waals surface area contributed by atoms with E-state index in [4.69, 9.17) is 5.73 Å². The molecule has 0 amide bonds. The Balaban J connectivity index is 3.22. The van der Waals surface area contributed by atoms with Crippen LogP contribution in [0.2, 0.25) is 0 Å². The average molecular weight is 147 g/mol. The molecule has 56 valence electrons. The van der Waals surface area contributed by atoms with E-state index in [0.29, 0.717) is 5.92 Å². The van der Waals surface area contributed by atoms with Gasteiger partial charge in [-0.15, -0.1) is 0 Å². The molecule has 0 aliphatic carbocycles. The molecule has 9 heavy (non-hydrogen) atoms. The van der Waals surface area contributed by atoms with Gasteiger partial charge < -0.3 is 5.73 Å². The third-order valence-corrected chi connectivity index (χ3v) is 2.54. The fourth-order valence-corrected chi connectivity index (χ4v) is 1.28. The van der Waals surface area contributed by atoms with E-state index >= 15 is 0 Å². The summed E-state index contributed by atoms with van der Waals surface area (Å²) in [5.74, 6) is 0.687. The van der Waals surface area contributed by atoms with Gasteiger partial charge in [0.05, 0.1) is 0 Å². The van der Waals surface area contributed by atoms with Gasteiger partial charge in [-0.25, -0.2) is 0 Å². The predicted molar refractivity (Wildman–Crippen MR) is 45.8 cm³/mol. The maximum absolute atomic E-state index is 5.47. The normalized spacial score (nSPS) is 17.3. The Bertz CT molecular complexity index is 57.9. The van der Waals surface area contributed by atoms with Crippen LogP contribution in [-0.2, 0) is 0 Å². The monoisotopic (exact) mass is 147 g/mol. The van der Waals surface area contributed by atoms with Crippen LogP contribution in [0.25, 0.3) is 0 Å². The molecule has 0 radical (unpaired) electrons. The summed E-state index contributed by atoms with van der Waals surface area (Å²) in [6, 6.07) is 0. The van der Waals surface area contributed by atoms with Gasteiger partial charge in [-0.3, -0.25) is 0 Å². The van der Waals surface area contributed by atoms with Crippen LogP contribution in [0.5, 0.6) is 0 Å². The van der Waals surface area contributed by atoms with Crippen molar-refractivity contribution in [3.05, 3.63) is 0 Å². The van der Waals surface area contributed by atoms with Crippen molar-refractivity contribution < 1.29 is 0 Å². The van der Waals surface area contributed by atoms with Crippen LogP contribution in [0.4, 0.5) is 0 Å². The van der Waals surface area contributed by atoms with Gasteiger partial charge in [0, 0.05) is 5.25 Å². The van der Waals surface area contributed by atoms with Crippen molar-refractivity contribution in [1.29, 1.82) is 0 Å². The SMILES string of the molecule is CSC(C)CC(C)CN. The average Bonchev–Trinajstić information content (AvgIpc) is 1.87. The van der Waals surface area contributed by atoms with Gasteiger partial charge in [-0.1, -0.05) is 13.8 Å². The lowest BCUT2D eigenvalue weighted by molar-refractivity contribution is 0.544. The number of hydrogen-bond donors (Lipinski definition) is 1. The summed E-state index contributed by atoms with van der Waals surface area (Å²) in [7, 11) is 0. The van der Waals surface area contributed by atoms with Gasteiger partial charge in [0.15, 0.2) is 0 Å². The van der Waals surface area contributed by atoms with Gasteiger partial charge in [0.25, 0.3) is 0 Å². The zero-order valence-corrected chi connectivity index (χ0v) is 7.37. The van der Waals surface area contributed by atoms with Gasteiger partial charge in [-0.2, -0.15) is 11.8 Å². The minimum absolute atomic E-state index is 0.687. The number of nitrogens with two attached hydrogens (primary N) is 1. The minimum Gasteiger partial charge on any atom is -0.330 e. The lowest BCUT2D eigenvalue weighted by Crippen LogP contribution is -2.14. The fraction of sp³-hybridized carbons (Fsp3) is 1.00. The van der Waals surface area contributed by atoms with Crippen molar-refractivity contribution in [1.82, 2.24) is 0 Å². The van der Waals surface area contributed by atoms with Crippen LogP contribution in [0, 0.1) is 5.92 Å². The van der Waals surface area contributed by atoms with Gasteiger partial charge >= 0.3 is 0 Å². The van der Waals surface area contributed by atoms with E-state index in [9.17, 15) is 0 Å². The Morgan fingerprint density at radius 1 is 1.44 bits per heavy atom. The summed E-state index contributed by atoms with van der Waals surface area (Å²) in [6.07, 6.45) is 3.39. The molecule has 0 aromatic rings. The standard InChI is InChI=1S/C7H17NS/c1-6(5-8)4-7(2)9-3/h6-7H,4-5,8H2,1-3H3. The van der Waals surface area contributed by atoms with Crippen molar-refractivity contribution in [3.8, 4) is 0 Å². The van der Waals surface area contributed by atoms with Crippen molar-refractivity contribution in [2.24, 2.45) is 11.7 Å². The van der Waals surface area contributed by atoms with Crippen molar-refractivity contribution in [2.45, 2.75) is 25.5 Å². The van der Waals surface area contributed by atoms with E-state index in [1.807, 2.05) is 11.8 Å². The molecule has 0 saturated heterocycles. The molecule has 0 spiro atoms. The summed E-state index contributed by atoms with van der Waals surface area (Å²) < 4.78 is 0. The topological polar surface area (TPSA) is 26.0 Å². The van der Waals surface area contributed by atoms with Crippen LogP contribution in [0.3, 0.4) is 0 Å². The molecule has 0 heterocycles. The Kier molecular flexibility index (Phi) is 5.30. The third kappa shape index (κ3) is 4.79. The van der Waals surface area contributed by atoms with Crippen molar-refractivity contribution >= 4 is 11.8 Å². The minimum atomic E-state index is 0.687. The highest BCUT2D eigenvalue weighted by molar-refractivity contribution is 7.99. The highest BCUT2D eigenvalue weighted by Crippen LogP contribution is 2.14. The molecule has 0 bridgehead atoms. The van der Waals surface area contributed by atoms with Crippen LogP contribution in [0.15, 0.2) is 0 Å². The molecule has 0 aromatic carbocycles. The molecule has 1 nitrogen and oxygen atoms in total. The second-order valence-corrected chi connectivity index (χ2v) is 3.90. The van der Waals surface area contributed by atoms with Crippen LogP contribution >= 0.6 is 11.8 Å². The molecule has 0 fully saturated rings. The Morgan fingerprint density at radius 3 is 2.33 bits per heavy atom. The van der Waals surface area contributed by atoms with Crippen LogP contribution < -0.4 is 5.73 Å². The zero-order chi connectivity index (χ0) is 7.28. The lowest BCUT2D eigenvalue weighted by Gasteiger charge is -2.12. The first kappa shape index (κ1) is 9.31. The zero-order valence-electron chi connectivity index (χ0n) is 6.55. The third-order valence-electron chi connectivity index (χ3n) is 1.54. The van der Waals surface area contributed by atoms with Gasteiger partial charge in [-0.05, 0) is 25.1 Å². The molecule has 0 aliphatic rings. The Morgan fingerprint density at radius 2 is 2.00 bits per heavy atom. The second kappa shape index (κ2) is 5.12. The molecule has 2 heteroatoms.